The van der Waals surface area contributed by atoms with Crippen LogP contribution in [0.4, 0.5) is 13.2 Å². The minimum absolute atomic E-state index is 0.0214. The Morgan fingerprint density at radius 2 is 1.88 bits per heavy atom. The Kier molecular flexibility index (Phi) is 8.35. The predicted octanol–water partition coefficient (Wildman–Crippen LogP) is 3.44. The Morgan fingerprint density at radius 1 is 1.32 bits per heavy atom. The standard InChI is InChI=1S/C19H33N2O4Si.CHF3O3S/c1-12(2)19(4,5)26(7,8)23-11-15-14-9-16(24-15)21-10-13(3)17(22-6)20-18(21)25-14;2-1(3,4)8(5,6)7/h10,12,14-16H,9,11H2,1-8H3;(H,5,6,7)/q+1;/p-1/t14-,15+,16+;/m0./s1. The average molecular weight is 531 g/mol. The Labute approximate surface area is 199 Å². The molecule has 3 atom stereocenters. The molecule has 34 heavy (non-hydrogen) atoms. The first kappa shape index (κ1) is 28.8. The molecule has 0 N–H and O–H groups in total. The molecule has 0 radical (unpaired) electrons. The van der Waals surface area contributed by atoms with Gasteiger partial charge >= 0.3 is 17.4 Å². The van der Waals surface area contributed by atoms with Gasteiger partial charge in [-0.2, -0.15) is 17.7 Å². The first-order valence-electron chi connectivity index (χ1n) is 10.8. The molecule has 0 amide bonds. The van der Waals surface area contributed by atoms with Gasteiger partial charge in [0.1, 0.15) is 18.4 Å². The highest BCUT2D eigenvalue weighted by Crippen LogP contribution is 2.45. The van der Waals surface area contributed by atoms with Crippen molar-refractivity contribution in [2.24, 2.45) is 5.92 Å². The van der Waals surface area contributed by atoms with E-state index in [0.29, 0.717) is 24.4 Å². The summed E-state index contributed by atoms with van der Waals surface area (Å²) in [7, 11) is -6.35. The molecule has 0 unspecified atom stereocenters. The van der Waals surface area contributed by atoms with Crippen LogP contribution < -0.4 is 14.0 Å². The maximum atomic E-state index is 10.7. The van der Waals surface area contributed by atoms with Gasteiger partial charge in [-0.1, -0.05) is 27.7 Å². The van der Waals surface area contributed by atoms with Crippen LogP contribution in [-0.2, 0) is 19.3 Å². The zero-order valence-electron chi connectivity index (χ0n) is 20.6. The number of halogens is 3. The van der Waals surface area contributed by atoms with E-state index in [1.807, 2.05) is 17.7 Å². The van der Waals surface area contributed by atoms with Gasteiger partial charge in [0.25, 0.3) is 0 Å². The van der Waals surface area contributed by atoms with E-state index in [-0.39, 0.29) is 23.5 Å². The molecule has 14 heteroatoms. The number of fused-ring (bicyclic) bond motifs is 4. The molecular weight excluding hydrogens is 497 g/mol. The highest BCUT2D eigenvalue weighted by molar-refractivity contribution is 7.86. The van der Waals surface area contributed by atoms with Crippen LogP contribution in [0.15, 0.2) is 6.20 Å². The van der Waals surface area contributed by atoms with Crippen LogP contribution in [0.1, 0.15) is 45.9 Å². The molecule has 0 aliphatic carbocycles. The van der Waals surface area contributed by atoms with Crippen molar-refractivity contribution >= 4 is 18.4 Å². The number of aromatic nitrogens is 2. The van der Waals surface area contributed by atoms with Gasteiger partial charge in [0, 0.05) is 4.98 Å². The van der Waals surface area contributed by atoms with E-state index in [0.717, 1.165) is 12.0 Å². The van der Waals surface area contributed by atoms with Gasteiger partial charge in [0.05, 0.1) is 25.7 Å². The second kappa shape index (κ2) is 9.88. The third-order valence-corrected chi connectivity index (χ3v) is 12.1. The Hall–Kier alpha value is -1.48. The van der Waals surface area contributed by atoms with Gasteiger partial charge < -0.3 is 23.2 Å². The van der Waals surface area contributed by atoms with Crippen LogP contribution in [0, 0.1) is 12.8 Å². The Morgan fingerprint density at radius 3 is 2.35 bits per heavy atom. The van der Waals surface area contributed by atoms with E-state index in [4.69, 9.17) is 31.6 Å². The molecule has 2 aliphatic heterocycles. The van der Waals surface area contributed by atoms with Crippen molar-refractivity contribution in [3.8, 4) is 11.9 Å². The summed E-state index contributed by atoms with van der Waals surface area (Å²) in [6, 6.07) is 0.565. The van der Waals surface area contributed by atoms with E-state index >= 15 is 0 Å². The monoisotopic (exact) mass is 530 g/mol. The van der Waals surface area contributed by atoms with Crippen molar-refractivity contribution in [2.45, 2.75) is 83.1 Å². The number of rotatable bonds is 6. The number of hydrogen-bond donors (Lipinski definition) is 0. The lowest BCUT2D eigenvalue weighted by molar-refractivity contribution is -0.769. The number of nitrogens with zero attached hydrogens (tertiary/aromatic N) is 2. The van der Waals surface area contributed by atoms with Crippen LogP contribution in [0.5, 0.6) is 11.9 Å². The van der Waals surface area contributed by atoms with Gasteiger partial charge in [-0.15, -0.1) is 0 Å². The number of aryl methyl sites for hydroxylation is 1. The van der Waals surface area contributed by atoms with Crippen molar-refractivity contribution in [1.82, 2.24) is 4.98 Å². The fraction of sp³-hybridized carbons (Fsp3) is 0.800. The van der Waals surface area contributed by atoms with Gasteiger partial charge in [-0.25, -0.2) is 8.42 Å². The summed E-state index contributed by atoms with van der Waals surface area (Å²) in [4.78, 5) is 4.48. The molecular formula is C20H33F3N2O7SSi. The molecule has 9 nitrogen and oxygen atoms in total. The van der Waals surface area contributed by atoms with Crippen LogP contribution in [0.25, 0.3) is 0 Å². The van der Waals surface area contributed by atoms with Crippen LogP contribution in [0.3, 0.4) is 0 Å². The summed E-state index contributed by atoms with van der Waals surface area (Å²) < 4.78 is 85.1. The van der Waals surface area contributed by atoms with Gasteiger partial charge in [-0.3, -0.25) is 0 Å². The van der Waals surface area contributed by atoms with Crippen molar-refractivity contribution in [3.63, 3.8) is 0 Å². The molecule has 0 aromatic carbocycles. The zero-order chi connectivity index (χ0) is 26.3. The predicted molar refractivity (Wildman–Crippen MR) is 117 cm³/mol. The number of alkyl halides is 3. The minimum Gasteiger partial charge on any atom is -0.741 e. The van der Waals surface area contributed by atoms with Crippen molar-refractivity contribution in [2.75, 3.05) is 13.7 Å². The van der Waals surface area contributed by atoms with E-state index < -0.39 is 23.9 Å². The van der Waals surface area contributed by atoms with Crippen LogP contribution in [0.2, 0.25) is 18.1 Å². The summed E-state index contributed by atoms with van der Waals surface area (Å²) in [5.74, 6) is 1.17. The summed E-state index contributed by atoms with van der Waals surface area (Å²) in [5, 5.41) is 0.186. The van der Waals surface area contributed by atoms with Gasteiger partial charge in [0.15, 0.2) is 18.4 Å². The second-order valence-corrected chi connectivity index (χ2v) is 15.7. The lowest BCUT2D eigenvalue weighted by atomic mass is 9.99. The lowest BCUT2D eigenvalue weighted by Gasteiger charge is -2.43. The molecule has 1 aromatic rings. The molecule has 2 aliphatic rings. The summed E-state index contributed by atoms with van der Waals surface area (Å²) in [6.07, 6.45) is 2.69. The highest BCUT2D eigenvalue weighted by Gasteiger charge is 2.50. The number of methoxy groups -OCH3 is 1. The van der Waals surface area contributed by atoms with E-state index in [9.17, 15) is 13.2 Å². The minimum atomic E-state index is -6.09. The number of ether oxygens (including phenoxy) is 3. The fourth-order valence-corrected chi connectivity index (χ4v) is 5.85. The largest absolute Gasteiger partial charge is 0.741 e. The molecule has 3 heterocycles. The zero-order valence-corrected chi connectivity index (χ0v) is 22.4. The topological polar surface area (TPSA) is 111 Å². The van der Waals surface area contributed by atoms with E-state index in [1.54, 1.807) is 7.11 Å². The maximum absolute atomic E-state index is 10.7. The molecule has 1 aromatic heterocycles. The maximum Gasteiger partial charge on any atom is 0.504 e. The third-order valence-electron chi connectivity index (χ3n) is 6.92. The summed E-state index contributed by atoms with van der Waals surface area (Å²) in [5.41, 5.74) is -4.68. The first-order valence-corrected chi connectivity index (χ1v) is 15.1. The van der Waals surface area contributed by atoms with E-state index in [2.05, 4.69) is 45.8 Å². The van der Waals surface area contributed by atoms with Gasteiger partial charge in [0.2, 0.25) is 6.23 Å². The highest BCUT2D eigenvalue weighted by atomic mass is 32.2. The summed E-state index contributed by atoms with van der Waals surface area (Å²) >= 11 is 0. The lowest BCUT2D eigenvalue weighted by Crippen LogP contribution is -2.48. The van der Waals surface area contributed by atoms with Crippen molar-refractivity contribution in [1.29, 1.82) is 0 Å². The SMILES string of the molecule is COc1nc2[n+](cc1C)[C@H]1C[C@H](O2)[C@@H](CO[Si](C)(C)C(C)(C)C(C)C)O1.O=S(=O)([O-])C(F)(F)F. The molecule has 0 saturated carbocycles. The normalized spacial score (nSPS) is 22.6. The quantitative estimate of drug-likeness (QED) is 0.238. The third kappa shape index (κ3) is 6.01. The first-order chi connectivity index (χ1) is 15.3. The van der Waals surface area contributed by atoms with Crippen molar-refractivity contribution in [3.05, 3.63) is 11.8 Å². The second-order valence-electron chi connectivity index (χ2n) is 9.74. The molecule has 1 fully saturated rings. The van der Waals surface area contributed by atoms with Crippen molar-refractivity contribution < 1.29 is 49.3 Å². The summed E-state index contributed by atoms with van der Waals surface area (Å²) in [6.45, 7) is 16.3. The Bertz CT molecular complexity index is 987. The fourth-order valence-electron chi connectivity index (χ4n) is 3.50. The number of hydrogen-bond acceptors (Lipinski definition) is 8. The van der Waals surface area contributed by atoms with E-state index in [1.165, 1.54) is 0 Å². The smallest absolute Gasteiger partial charge is 0.504 e. The van der Waals surface area contributed by atoms with Crippen LogP contribution in [-0.4, -0.2) is 57.7 Å². The molecule has 0 spiro atoms. The van der Waals surface area contributed by atoms with Crippen LogP contribution >= 0.6 is 0 Å². The van der Waals surface area contributed by atoms with Gasteiger partial charge in [-0.05, 0) is 31.0 Å². The Balaban J connectivity index is 0.000000440. The molecule has 1 saturated heterocycles. The molecule has 2 bridgehead atoms. The average Bonchev–Trinajstić information content (AvgIpc) is 3.02. The molecule has 196 valence electrons. The molecule has 3 rings (SSSR count).